The Morgan fingerprint density at radius 2 is 1.52 bits per heavy atom. The van der Waals surface area contributed by atoms with E-state index in [2.05, 4.69) is 4.74 Å². The van der Waals surface area contributed by atoms with E-state index in [9.17, 15) is 14.4 Å². The van der Waals surface area contributed by atoms with Crippen LogP contribution in [-0.2, 0) is 0 Å². The molecule has 3 rings (SSSR count). The van der Waals surface area contributed by atoms with Crippen LogP contribution < -0.4 is 10.5 Å². The van der Waals surface area contributed by atoms with E-state index in [1.54, 1.807) is 12.1 Å². The van der Waals surface area contributed by atoms with E-state index < -0.39 is 17.7 Å². The molecule has 0 saturated heterocycles. The van der Waals surface area contributed by atoms with Gasteiger partial charge in [-0.25, -0.2) is 4.79 Å². The summed E-state index contributed by atoms with van der Waals surface area (Å²) in [5.74, 6) is -1.10. The van der Waals surface area contributed by atoms with E-state index in [1.165, 1.54) is 24.3 Å². The molecular weight excluding hydrogens is 274 g/mol. The Morgan fingerprint density at radius 3 is 2.10 bits per heavy atom. The lowest BCUT2D eigenvalue weighted by Gasteiger charge is -2.20. The maximum atomic E-state index is 12.5. The van der Waals surface area contributed by atoms with Crippen LogP contribution in [0.15, 0.2) is 36.4 Å². The van der Waals surface area contributed by atoms with Crippen LogP contribution in [0, 0.1) is 0 Å². The topological polar surface area (TPSA) is 107 Å². The molecule has 0 saturated carbocycles. The summed E-state index contributed by atoms with van der Waals surface area (Å²) in [6.07, 6.45) is -1.57. The van der Waals surface area contributed by atoms with Gasteiger partial charge in [0.1, 0.15) is 5.75 Å². The zero-order valence-electron chi connectivity index (χ0n) is 10.6. The lowest BCUT2D eigenvalue weighted by molar-refractivity contribution is 0.0975. The summed E-state index contributed by atoms with van der Waals surface area (Å²) in [6.45, 7) is 0. The Balaban J connectivity index is 2.31. The first-order valence-corrected chi connectivity index (χ1v) is 6.02. The van der Waals surface area contributed by atoms with Crippen molar-refractivity contribution < 1.29 is 24.2 Å². The zero-order valence-corrected chi connectivity index (χ0v) is 10.6. The quantitative estimate of drug-likeness (QED) is 0.402. The maximum Gasteiger partial charge on any atom is 0.511 e. The molecule has 3 N–H and O–H groups in total. The molecule has 2 aromatic carbocycles. The highest BCUT2D eigenvalue weighted by atomic mass is 16.7. The fourth-order valence-electron chi connectivity index (χ4n) is 2.40. The second-order valence-corrected chi connectivity index (χ2v) is 4.47. The summed E-state index contributed by atoms with van der Waals surface area (Å²) in [5, 5.41) is 8.74. The molecule has 0 spiro atoms. The van der Waals surface area contributed by atoms with Gasteiger partial charge in [-0.3, -0.25) is 9.59 Å². The molecule has 0 unspecified atom stereocenters. The van der Waals surface area contributed by atoms with Crippen LogP contribution in [0.25, 0.3) is 0 Å². The molecule has 0 heterocycles. The zero-order chi connectivity index (χ0) is 15.1. The summed E-state index contributed by atoms with van der Waals surface area (Å²) in [5.41, 5.74) is 6.20. The number of hydrogen-bond acceptors (Lipinski definition) is 5. The average Bonchev–Trinajstić information content (AvgIpc) is 2.46. The van der Waals surface area contributed by atoms with Crippen LogP contribution in [0.3, 0.4) is 0 Å². The second-order valence-electron chi connectivity index (χ2n) is 4.47. The summed E-state index contributed by atoms with van der Waals surface area (Å²) in [7, 11) is 0. The van der Waals surface area contributed by atoms with Gasteiger partial charge in [0.05, 0.1) is 11.1 Å². The Hall–Kier alpha value is -3.15. The number of nitrogens with two attached hydrogens (primary N) is 1. The molecule has 2 aromatic rings. The van der Waals surface area contributed by atoms with Gasteiger partial charge in [0.2, 0.25) is 0 Å². The molecule has 0 radical (unpaired) electrons. The van der Waals surface area contributed by atoms with Crippen LogP contribution in [0.4, 0.5) is 10.5 Å². The highest BCUT2D eigenvalue weighted by Crippen LogP contribution is 2.36. The van der Waals surface area contributed by atoms with E-state index in [0.29, 0.717) is 0 Å². The van der Waals surface area contributed by atoms with Crippen molar-refractivity contribution in [2.75, 3.05) is 5.73 Å². The third-order valence-electron chi connectivity index (χ3n) is 3.27. The highest BCUT2D eigenvalue weighted by molar-refractivity contribution is 6.31. The number of carbonyl (C=O) groups excluding carboxylic acids is 2. The molecule has 21 heavy (non-hydrogen) atoms. The molecule has 104 valence electrons. The molecule has 0 bridgehead atoms. The molecule has 0 aromatic heterocycles. The van der Waals surface area contributed by atoms with Crippen molar-refractivity contribution in [3.63, 3.8) is 0 Å². The van der Waals surface area contributed by atoms with Crippen molar-refractivity contribution in [1.82, 2.24) is 0 Å². The molecule has 0 fully saturated rings. The largest absolute Gasteiger partial charge is 0.511 e. The third-order valence-corrected chi connectivity index (χ3v) is 3.27. The van der Waals surface area contributed by atoms with E-state index >= 15 is 0 Å². The summed E-state index contributed by atoms with van der Waals surface area (Å²) < 4.78 is 4.59. The van der Waals surface area contributed by atoms with Crippen LogP contribution in [0.5, 0.6) is 5.75 Å². The predicted molar refractivity (Wildman–Crippen MR) is 72.8 cm³/mol. The average molecular weight is 283 g/mol. The van der Waals surface area contributed by atoms with Crippen LogP contribution in [-0.4, -0.2) is 22.8 Å². The highest BCUT2D eigenvalue weighted by Gasteiger charge is 2.34. The number of carbonyl (C=O) groups is 3. The van der Waals surface area contributed by atoms with Gasteiger partial charge in [0.15, 0.2) is 11.6 Å². The minimum absolute atomic E-state index is 0.0162. The number of fused-ring (bicyclic) bond motifs is 2. The Kier molecular flexibility index (Phi) is 2.72. The summed E-state index contributed by atoms with van der Waals surface area (Å²) in [4.78, 5) is 35.7. The van der Waals surface area contributed by atoms with E-state index in [4.69, 9.17) is 10.8 Å². The van der Waals surface area contributed by atoms with Crippen molar-refractivity contribution in [1.29, 1.82) is 0 Å². The van der Waals surface area contributed by atoms with Gasteiger partial charge in [-0.1, -0.05) is 24.3 Å². The summed E-state index contributed by atoms with van der Waals surface area (Å²) in [6, 6.07) is 8.91. The number of ketones is 2. The molecule has 0 aliphatic heterocycles. The lowest BCUT2D eigenvalue weighted by atomic mass is 9.83. The number of anilines is 1. The van der Waals surface area contributed by atoms with Gasteiger partial charge in [-0.15, -0.1) is 0 Å². The second kappa shape index (κ2) is 4.45. The molecule has 6 nitrogen and oxygen atoms in total. The number of rotatable bonds is 1. The number of carboxylic acid groups (broad SMARTS) is 1. The van der Waals surface area contributed by atoms with Crippen molar-refractivity contribution in [2.45, 2.75) is 0 Å². The van der Waals surface area contributed by atoms with Gasteiger partial charge in [0.25, 0.3) is 0 Å². The first kappa shape index (κ1) is 12.9. The van der Waals surface area contributed by atoms with Crippen LogP contribution >= 0.6 is 0 Å². The molecule has 6 heteroatoms. The van der Waals surface area contributed by atoms with Gasteiger partial charge >= 0.3 is 6.16 Å². The van der Waals surface area contributed by atoms with E-state index in [1.807, 2.05) is 0 Å². The fourth-order valence-corrected chi connectivity index (χ4v) is 2.40. The van der Waals surface area contributed by atoms with E-state index in [0.717, 1.165) is 0 Å². The van der Waals surface area contributed by atoms with Gasteiger partial charge in [0, 0.05) is 16.8 Å². The minimum Gasteiger partial charge on any atom is -0.449 e. The van der Waals surface area contributed by atoms with Crippen molar-refractivity contribution in [3.05, 3.63) is 58.7 Å². The van der Waals surface area contributed by atoms with Gasteiger partial charge in [-0.2, -0.15) is 0 Å². The monoisotopic (exact) mass is 283 g/mol. The normalized spacial score (nSPS) is 12.6. The minimum atomic E-state index is -1.57. The Labute approximate surface area is 118 Å². The van der Waals surface area contributed by atoms with Crippen molar-refractivity contribution in [3.8, 4) is 5.75 Å². The van der Waals surface area contributed by atoms with Crippen LogP contribution in [0.2, 0.25) is 0 Å². The fraction of sp³-hybridized carbons (Fsp3) is 0. The lowest BCUT2D eigenvalue weighted by Crippen LogP contribution is -2.23. The van der Waals surface area contributed by atoms with Crippen molar-refractivity contribution in [2.24, 2.45) is 0 Å². The van der Waals surface area contributed by atoms with Gasteiger partial charge in [-0.05, 0) is 12.1 Å². The smallest absolute Gasteiger partial charge is 0.449 e. The number of ether oxygens (including phenoxy) is 1. The first-order valence-electron chi connectivity index (χ1n) is 6.02. The molecular formula is C15H9NO5. The number of hydrogen-bond donors (Lipinski definition) is 2. The molecule has 0 amide bonds. The molecule has 0 atom stereocenters. The number of benzene rings is 2. The maximum absolute atomic E-state index is 12.5. The molecule has 1 aliphatic rings. The van der Waals surface area contributed by atoms with Gasteiger partial charge < -0.3 is 15.6 Å². The number of nitrogen functional groups attached to an aromatic ring is 1. The van der Waals surface area contributed by atoms with Crippen molar-refractivity contribution >= 4 is 23.4 Å². The third kappa shape index (κ3) is 1.85. The Morgan fingerprint density at radius 1 is 0.952 bits per heavy atom. The SMILES string of the molecule is Nc1ccc(OC(=O)O)c2c1C(=O)c1ccccc1C2=O. The first-order chi connectivity index (χ1) is 10.0. The van der Waals surface area contributed by atoms with E-state index in [-0.39, 0.29) is 33.7 Å². The van der Waals surface area contributed by atoms with Crippen LogP contribution in [0.1, 0.15) is 31.8 Å². The molecule has 1 aliphatic carbocycles. The Bertz CT molecular complexity index is 810. The predicted octanol–water partition coefficient (Wildman–Crippen LogP) is 2.10. The standard InChI is InChI=1S/C15H9NO5/c16-9-5-6-10(21-15(19)20)12-11(9)13(17)7-3-1-2-4-8(7)14(12)18/h1-6H,16H2,(H,19,20). The summed E-state index contributed by atoms with van der Waals surface area (Å²) >= 11 is 0.